The molecule has 1 unspecified atom stereocenters. The molecule has 0 saturated carbocycles. The first-order valence-electron chi connectivity index (χ1n) is 13.1. The topological polar surface area (TPSA) is 0 Å². The van der Waals surface area contributed by atoms with Crippen LogP contribution in [0.15, 0.2) is 72.8 Å². The molecule has 0 heterocycles. The summed E-state index contributed by atoms with van der Waals surface area (Å²) in [4.78, 5) is 0. The van der Waals surface area contributed by atoms with E-state index in [1.54, 1.807) is 0 Å². The quantitative estimate of drug-likeness (QED) is 0.151. The molecule has 0 aliphatic heterocycles. The van der Waals surface area contributed by atoms with Gasteiger partial charge in [0.25, 0.3) is 0 Å². The highest BCUT2D eigenvalue weighted by atomic mass is 127. The minimum Gasteiger partial charge on any atom is -0.0788 e. The molecule has 0 aliphatic rings. The Morgan fingerprint density at radius 2 is 1.38 bits per heavy atom. The lowest BCUT2D eigenvalue weighted by molar-refractivity contribution is 0.461. The molecule has 34 heavy (non-hydrogen) atoms. The van der Waals surface area contributed by atoms with Crippen LogP contribution in [0.2, 0.25) is 0 Å². The van der Waals surface area contributed by atoms with Gasteiger partial charge in [0.15, 0.2) is 0 Å². The van der Waals surface area contributed by atoms with Crippen LogP contribution < -0.4 is 0 Å². The van der Waals surface area contributed by atoms with Crippen molar-refractivity contribution in [2.45, 2.75) is 94.8 Å². The van der Waals surface area contributed by atoms with E-state index >= 15 is 0 Å². The normalized spacial score (nSPS) is 13.6. The van der Waals surface area contributed by atoms with Crippen molar-refractivity contribution in [1.82, 2.24) is 0 Å². The van der Waals surface area contributed by atoms with E-state index in [0.717, 1.165) is 19.3 Å². The maximum absolute atomic E-state index is 2.68. The van der Waals surface area contributed by atoms with E-state index in [0.29, 0.717) is 3.42 Å². The van der Waals surface area contributed by atoms with E-state index in [1.165, 1.54) is 65.5 Å². The average Bonchev–Trinajstić information content (AvgIpc) is 2.81. The van der Waals surface area contributed by atoms with Crippen molar-refractivity contribution in [3.63, 3.8) is 0 Å². The summed E-state index contributed by atoms with van der Waals surface area (Å²) in [6.45, 7) is 11.7. The number of hydrogen-bond donors (Lipinski definition) is 0. The lowest BCUT2D eigenvalue weighted by Crippen LogP contribution is -2.19. The van der Waals surface area contributed by atoms with Crippen LogP contribution in [0.3, 0.4) is 0 Å². The summed E-state index contributed by atoms with van der Waals surface area (Å²) in [7, 11) is 0. The van der Waals surface area contributed by atoms with E-state index < -0.39 is 0 Å². The zero-order valence-corrected chi connectivity index (χ0v) is 24.1. The van der Waals surface area contributed by atoms with Gasteiger partial charge in [-0.25, -0.2) is 0 Å². The summed E-state index contributed by atoms with van der Waals surface area (Å²) < 4.78 is 0.305. The molecule has 182 valence electrons. The lowest BCUT2D eigenvalue weighted by atomic mass is 9.79. The van der Waals surface area contributed by atoms with Crippen LogP contribution in [-0.2, 0) is 31.1 Å². The van der Waals surface area contributed by atoms with Gasteiger partial charge in [-0.15, -0.1) is 0 Å². The first-order chi connectivity index (χ1) is 16.2. The Morgan fingerprint density at radius 1 is 0.706 bits per heavy atom. The van der Waals surface area contributed by atoms with Crippen molar-refractivity contribution < 1.29 is 0 Å². The number of aryl methyl sites for hydroxylation is 4. The summed E-state index contributed by atoms with van der Waals surface area (Å²) in [5.74, 6) is 0. The van der Waals surface area contributed by atoms with E-state index in [-0.39, 0.29) is 5.41 Å². The SMILES string of the molecule is CCc1cccc(C(C)(C)CCCc2ccc(CC(C)(I)CCCc3ccccc3C)cc2)c1. The summed E-state index contributed by atoms with van der Waals surface area (Å²) in [6.07, 6.45) is 9.54. The molecule has 0 saturated heterocycles. The van der Waals surface area contributed by atoms with Crippen molar-refractivity contribution in [3.05, 3.63) is 106 Å². The van der Waals surface area contributed by atoms with Crippen LogP contribution >= 0.6 is 22.6 Å². The van der Waals surface area contributed by atoms with E-state index in [2.05, 4.69) is 130 Å². The fourth-order valence-electron chi connectivity index (χ4n) is 4.97. The van der Waals surface area contributed by atoms with Gasteiger partial charge in [0.2, 0.25) is 0 Å². The van der Waals surface area contributed by atoms with Crippen molar-refractivity contribution in [3.8, 4) is 0 Å². The molecule has 0 spiro atoms. The molecule has 0 amide bonds. The Hall–Kier alpha value is -1.61. The Bertz CT molecular complexity index is 1030. The maximum Gasteiger partial charge on any atom is 0.0234 e. The smallest absolute Gasteiger partial charge is 0.0234 e. The number of hydrogen-bond acceptors (Lipinski definition) is 0. The standard InChI is InChI=1S/C33H43I/c1-6-27-13-9-17-31(24-27)32(3,4)22-10-14-28-18-20-29(21-19-28)25-33(5,34)23-11-16-30-15-8-7-12-26(30)2/h7-9,12-13,15,17-21,24H,6,10-11,14,16,22-23,25H2,1-5H3. The first-order valence-corrected chi connectivity index (χ1v) is 14.2. The molecular formula is C33H43I. The minimum atomic E-state index is 0.229. The first kappa shape index (κ1) is 27.0. The molecule has 0 fully saturated rings. The Kier molecular flexibility index (Phi) is 9.83. The van der Waals surface area contributed by atoms with Crippen LogP contribution in [0.5, 0.6) is 0 Å². The second kappa shape index (κ2) is 12.4. The van der Waals surface area contributed by atoms with Gasteiger partial charge in [-0.2, -0.15) is 0 Å². The second-order valence-corrected chi connectivity index (χ2v) is 13.6. The molecule has 3 aromatic carbocycles. The average molecular weight is 567 g/mol. The molecule has 1 atom stereocenters. The molecule has 0 N–H and O–H groups in total. The molecule has 0 aromatic heterocycles. The van der Waals surface area contributed by atoms with Gasteiger partial charge in [-0.3, -0.25) is 0 Å². The van der Waals surface area contributed by atoms with Gasteiger partial charge in [0.1, 0.15) is 0 Å². The predicted molar refractivity (Wildman–Crippen MR) is 158 cm³/mol. The third-order valence-corrected chi connectivity index (χ3v) is 8.31. The zero-order chi connectivity index (χ0) is 24.6. The molecule has 0 bridgehead atoms. The van der Waals surface area contributed by atoms with Gasteiger partial charge in [0.05, 0.1) is 0 Å². The van der Waals surface area contributed by atoms with Crippen LogP contribution in [0, 0.1) is 6.92 Å². The summed E-state index contributed by atoms with van der Waals surface area (Å²) in [6, 6.07) is 27.4. The third kappa shape index (κ3) is 8.26. The summed E-state index contributed by atoms with van der Waals surface area (Å²) >= 11 is 2.68. The number of alkyl halides is 1. The minimum absolute atomic E-state index is 0.229. The Morgan fingerprint density at radius 3 is 2.09 bits per heavy atom. The third-order valence-electron chi connectivity index (χ3n) is 7.39. The summed E-state index contributed by atoms with van der Waals surface area (Å²) in [5.41, 5.74) is 9.01. The van der Waals surface area contributed by atoms with Crippen molar-refractivity contribution in [1.29, 1.82) is 0 Å². The van der Waals surface area contributed by atoms with Crippen molar-refractivity contribution in [2.24, 2.45) is 0 Å². The monoisotopic (exact) mass is 566 g/mol. The predicted octanol–water partition coefficient (Wildman–Crippen LogP) is 9.62. The Labute approximate surface area is 222 Å². The number of rotatable bonds is 12. The fourth-order valence-corrected chi connectivity index (χ4v) is 5.79. The molecule has 0 nitrogen and oxygen atoms in total. The van der Waals surface area contributed by atoms with Crippen LogP contribution in [0.25, 0.3) is 0 Å². The highest BCUT2D eigenvalue weighted by Crippen LogP contribution is 2.31. The van der Waals surface area contributed by atoms with E-state index in [9.17, 15) is 0 Å². The van der Waals surface area contributed by atoms with E-state index in [4.69, 9.17) is 0 Å². The maximum atomic E-state index is 2.68. The molecular weight excluding hydrogens is 523 g/mol. The van der Waals surface area contributed by atoms with Gasteiger partial charge >= 0.3 is 0 Å². The van der Waals surface area contributed by atoms with Gasteiger partial charge in [-0.05, 0) is 97.1 Å². The molecule has 1 heteroatoms. The van der Waals surface area contributed by atoms with Crippen LogP contribution in [0.1, 0.15) is 86.8 Å². The molecule has 3 aromatic rings. The van der Waals surface area contributed by atoms with Crippen molar-refractivity contribution >= 4 is 22.6 Å². The van der Waals surface area contributed by atoms with Gasteiger partial charge < -0.3 is 0 Å². The largest absolute Gasteiger partial charge is 0.0788 e. The van der Waals surface area contributed by atoms with Crippen molar-refractivity contribution in [2.75, 3.05) is 0 Å². The number of benzene rings is 3. The molecule has 0 aliphatic carbocycles. The Balaban J connectivity index is 1.46. The van der Waals surface area contributed by atoms with Gasteiger partial charge in [0, 0.05) is 3.42 Å². The summed E-state index contributed by atoms with van der Waals surface area (Å²) in [5, 5.41) is 0. The number of halogens is 1. The fraction of sp³-hybridized carbons (Fsp3) is 0.455. The van der Waals surface area contributed by atoms with Crippen LogP contribution in [-0.4, -0.2) is 3.42 Å². The highest BCUT2D eigenvalue weighted by Gasteiger charge is 2.21. The molecule has 3 rings (SSSR count). The van der Waals surface area contributed by atoms with Gasteiger partial charge in [-0.1, -0.05) is 123 Å². The second-order valence-electron chi connectivity index (χ2n) is 11.0. The molecule has 0 radical (unpaired) electrons. The highest BCUT2D eigenvalue weighted by molar-refractivity contribution is 14.1. The van der Waals surface area contributed by atoms with E-state index in [1.807, 2.05) is 0 Å². The zero-order valence-electron chi connectivity index (χ0n) is 22.0. The van der Waals surface area contributed by atoms with Crippen LogP contribution in [0.4, 0.5) is 0 Å². The lowest BCUT2D eigenvalue weighted by Gasteiger charge is -2.26.